The van der Waals surface area contributed by atoms with Crippen LogP contribution in [-0.2, 0) is 4.74 Å². The fourth-order valence-electron chi connectivity index (χ4n) is 6.78. The topological polar surface area (TPSA) is 71.0 Å². The Morgan fingerprint density at radius 3 is 2.64 bits per heavy atom. The maximum absolute atomic E-state index is 15.5. The molecule has 5 heterocycles. The van der Waals surface area contributed by atoms with Gasteiger partial charge < -0.3 is 14.4 Å². The lowest BCUT2D eigenvalue weighted by Crippen LogP contribution is -2.57. The minimum atomic E-state index is -0.880. The summed E-state index contributed by atoms with van der Waals surface area (Å²) in [7, 11) is 0. The second kappa shape index (κ2) is 9.83. The molecule has 2 aromatic rings. The Labute approximate surface area is 240 Å². The number of hydrogen-bond donors (Lipinski definition) is 0. The molecule has 12 heteroatoms. The first-order chi connectivity index (χ1) is 18.4. The molecule has 0 N–H and O–H groups in total. The van der Waals surface area contributed by atoms with Crippen LogP contribution in [0.4, 0.5) is 19.4 Å². The maximum Gasteiger partial charge on any atom is 0.410 e. The first-order valence-corrected chi connectivity index (χ1v) is 14.7. The van der Waals surface area contributed by atoms with Gasteiger partial charge in [0.05, 0.1) is 27.1 Å². The van der Waals surface area contributed by atoms with E-state index in [2.05, 4.69) is 30.7 Å². The van der Waals surface area contributed by atoms with E-state index in [0.29, 0.717) is 37.3 Å². The number of halogens is 4. The minimum absolute atomic E-state index is 0.0519. The van der Waals surface area contributed by atoms with Crippen LogP contribution in [0.2, 0.25) is 5.02 Å². The zero-order chi connectivity index (χ0) is 27.7. The molecule has 4 aliphatic rings. The molecular weight excluding hydrogens is 596 g/mol. The lowest BCUT2D eigenvalue weighted by atomic mass is 9.95. The van der Waals surface area contributed by atoms with Gasteiger partial charge in [0.2, 0.25) is 0 Å². The number of fused-ring (bicyclic) bond motifs is 4. The quantitative estimate of drug-likeness (QED) is 0.401. The van der Waals surface area contributed by atoms with Gasteiger partial charge in [-0.25, -0.2) is 13.6 Å². The Bertz CT molecular complexity index is 1300. The Balaban J connectivity index is 1.32. The molecule has 1 aromatic carbocycles. The Morgan fingerprint density at radius 2 is 1.95 bits per heavy atom. The molecule has 1 aromatic heterocycles. The lowest BCUT2D eigenvalue weighted by molar-refractivity contribution is 0.0122. The second-order valence-electron chi connectivity index (χ2n) is 12.3. The highest BCUT2D eigenvalue weighted by Crippen LogP contribution is 2.42. The zero-order valence-electron chi connectivity index (χ0n) is 22.4. The van der Waals surface area contributed by atoms with E-state index in [4.69, 9.17) is 26.1 Å². The molecule has 4 fully saturated rings. The largest absolute Gasteiger partial charge is 0.461 e. The predicted molar refractivity (Wildman–Crippen MR) is 148 cm³/mol. The molecule has 2 bridgehead atoms. The number of aromatic nitrogens is 2. The van der Waals surface area contributed by atoms with Gasteiger partial charge in [-0.15, -0.1) is 0 Å². The number of anilines is 1. The van der Waals surface area contributed by atoms with E-state index in [1.54, 1.807) is 6.07 Å². The Hall–Kier alpha value is -1.98. The van der Waals surface area contributed by atoms with E-state index >= 15 is 4.39 Å². The third-order valence-corrected chi connectivity index (χ3v) is 9.70. The van der Waals surface area contributed by atoms with Crippen LogP contribution < -0.4 is 9.64 Å². The summed E-state index contributed by atoms with van der Waals surface area (Å²) >= 11 is 9.59. The van der Waals surface area contributed by atoms with E-state index < -0.39 is 17.6 Å². The highest BCUT2D eigenvalue weighted by Gasteiger charge is 2.50. The van der Waals surface area contributed by atoms with Gasteiger partial charge in [0, 0.05) is 31.4 Å². The van der Waals surface area contributed by atoms with E-state index in [1.807, 2.05) is 25.7 Å². The molecule has 4 aliphatic heterocycles. The lowest BCUT2D eigenvalue weighted by Gasteiger charge is -2.42. The molecular formula is C27H33BrClF2N5O3. The fraction of sp³-hybridized carbons (Fsp3) is 0.667. The van der Waals surface area contributed by atoms with E-state index in [1.165, 1.54) is 0 Å². The average Bonchev–Trinajstić information content (AvgIpc) is 3.47. The molecule has 212 valence electrons. The van der Waals surface area contributed by atoms with Crippen LogP contribution in [0, 0.1) is 5.82 Å². The first-order valence-electron chi connectivity index (χ1n) is 13.6. The van der Waals surface area contributed by atoms with Crippen molar-refractivity contribution in [3.05, 3.63) is 21.4 Å². The molecule has 4 saturated heterocycles. The van der Waals surface area contributed by atoms with Crippen LogP contribution in [0.5, 0.6) is 6.01 Å². The van der Waals surface area contributed by atoms with Crippen molar-refractivity contribution >= 4 is 50.3 Å². The third-order valence-electron chi connectivity index (χ3n) is 8.40. The van der Waals surface area contributed by atoms with Crippen molar-refractivity contribution in [2.24, 2.45) is 0 Å². The monoisotopic (exact) mass is 627 g/mol. The van der Waals surface area contributed by atoms with Gasteiger partial charge in [0.1, 0.15) is 29.7 Å². The van der Waals surface area contributed by atoms with Gasteiger partial charge in [-0.05, 0) is 75.0 Å². The number of carbonyl (C=O) groups excluding carboxylic acids is 1. The number of nitrogens with zero attached hydrogens (tertiary/aromatic N) is 5. The molecule has 0 aliphatic carbocycles. The SMILES string of the molecule is CC(C)(C)OC(=O)N1C2CCC1CN(c1nc(OC[C@]34CCCN3C[C@@H](F)C4)nc3c(F)c(Br)c(Cl)cc13)C2. The Morgan fingerprint density at radius 1 is 1.23 bits per heavy atom. The summed E-state index contributed by atoms with van der Waals surface area (Å²) in [5.41, 5.74) is -0.862. The number of piperazine rings is 1. The average molecular weight is 629 g/mol. The number of hydrogen-bond acceptors (Lipinski definition) is 7. The highest BCUT2D eigenvalue weighted by molar-refractivity contribution is 9.10. The fourth-order valence-corrected chi connectivity index (χ4v) is 7.27. The number of carbonyl (C=O) groups is 1. The minimum Gasteiger partial charge on any atom is -0.461 e. The predicted octanol–water partition coefficient (Wildman–Crippen LogP) is 5.73. The first kappa shape index (κ1) is 27.2. The summed E-state index contributed by atoms with van der Waals surface area (Å²) in [4.78, 5) is 28.2. The smallest absolute Gasteiger partial charge is 0.410 e. The van der Waals surface area contributed by atoms with Crippen LogP contribution in [-0.4, -0.2) is 88.0 Å². The van der Waals surface area contributed by atoms with Crippen molar-refractivity contribution < 1.29 is 23.0 Å². The second-order valence-corrected chi connectivity index (χ2v) is 13.5. The van der Waals surface area contributed by atoms with Crippen molar-refractivity contribution in [1.82, 2.24) is 19.8 Å². The van der Waals surface area contributed by atoms with Crippen LogP contribution >= 0.6 is 27.5 Å². The molecule has 8 nitrogen and oxygen atoms in total. The Kier molecular flexibility index (Phi) is 6.86. The van der Waals surface area contributed by atoms with Gasteiger partial charge in [-0.1, -0.05) is 11.6 Å². The zero-order valence-corrected chi connectivity index (χ0v) is 24.7. The number of amides is 1. The van der Waals surface area contributed by atoms with Crippen molar-refractivity contribution in [1.29, 1.82) is 0 Å². The summed E-state index contributed by atoms with van der Waals surface area (Å²) in [6.07, 6.45) is 2.75. The summed E-state index contributed by atoms with van der Waals surface area (Å²) < 4.78 is 41.7. The molecule has 4 atom stereocenters. The summed E-state index contributed by atoms with van der Waals surface area (Å²) in [5.74, 6) is -0.0775. The van der Waals surface area contributed by atoms with Crippen molar-refractivity contribution in [2.75, 3.05) is 37.7 Å². The van der Waals surface area contributed by atoms with E-state index in [9.17, 15) is 9.18 Å². The van der Waals surface area contributed by atoms with Gasteiger partial charge in [-0.3, -0.25) is 9.80 Å². The van der Waals surface area contributed by atoms with Crippen molar-refractivity contribution in [3.63, 3.8) is 0 Å². The molecule has 0 spiro atoms. The summed E-state index contributed by atoms with van der Waals surface area (Å²) in [6.45, 7) is 8.10. The van der Waals surface area contributed by atoms with E-state index in [0.717, 1.165) is 32.2 Å². The van der Waals surface area contributed by atoms with Crippen LogP contribution in [0.1, 0.15) is 52.9 Å². The third kappa shape index (κ3) is 4.92. The summed E-state index contributed by atoms with van der Waals surface area (Å²) in [6, 6.07) is 1.59. The number of rotatable bonds is 4. The molecule has 0 radical (unpaired) electrons. The molecule has 0 saturated carbocycles. The van der Waals surface area contributed by atoms with Crippen LogP contribution in [0.3, 0.4) is 0 Å². The van der Waals surface area contributed by atoms with Gasteiger partial charge >= 0.3 is 12.1 Å². The molecule has 6 rings (SSSR count). The molecule has 39 heavy (non-hydrogen) atoms. The van der Waals surface area contributed by atoms with Gasteiger partial charge in [0.15, 0.2) is 5.82 Å². The molecule has 1 amide bonds. The van der Waals surface area contributed by atoms with Gasteiger partial charge in [-0.2, -0.15) is 9.97 Å². The maximum atomic E-state index is 15.5. The van der Waals surface area contributed by atoms with Gasteiger partial charge in [0.25, 0.3) is 0 Å². The van der Waals surface area contributed by atoms with Crippen molar-refractivity contribution in [3.8, 4) is 6.01 Å². The molecule has 2 unspecified atom stereocenters. The van der Waals surface area contributed by atoms with Crippen LogP contribution in [0.15, 0.2) is 10.5 Å². The van der Waals surface area contributed by atoms with E-state index in [-0.39, 0.29) is 51.3 Å². The highest BCUT2D eigenvalue weighted by atomic mass is 79.9. The van der Waals surface area contributed by atoms with Crippen molar-refractivity contribution in [2.45, 2.75) is 82.3 Å². The summed E-state index contributed by atoms with van der Waals surface area (Å²) in [5, 5.41) is 0.692. The number of benzene rings is 1. The van der Waals surface area contributed by atoms with Crippen LogP contribution in [0.25, 0.3) is 10.9 Å². The number of alkyl halides is 1. The number of ether oxygens (including phenoxy) is 2. The normalized spacial score (nSPS) is 28.8. The standard InChI is InChI=1S/C27H33BrClF2N5O3/c1-26(2,3)39-25(37)36-16-5-6-17(36)13-34(12-16)23-18-9-19(29)20(28)21(31)22(18)32-24(33-23)38-14-27-7-4-8-35(27)11-15(30)10-27/h9,15-17H,4-8,10-14H2,1-3H3/t15-,16?,17?,27+/m0/s1.